The van der Waals surface area contributed by atoms with Gasteiger partial charge in [-0.3, -0.25) is 9.89 Å². The van der Waals surface area contributed by atoms with E-state index in [1.807, 2.05) is 0 Å². The molecule has 8 heteroatoms. The zero-order chi connectivity index (χ0) is 15.8. The Morgan fingerprint density at radius 2 is 2.19 bits per heavy atom. The average Bonchev–Trinajstić information content (AvgIpc) is 2.91. The van der Waals surface area contributed by atoms with Gasteiger partial charge in [0.1, 0.15) is 4.90 Å². The number of aryl methyl sites for hydroxylation is 1. The molecule has 1 amide bonds. The third-order valence-electron chi connectivity index (χ3n) is 3.91. The fourth-order valence-electron chi connectivity index (χ4n) is 2.84. The van der Waals surface area contributed by atoms with Crippen molar-refractivity contribution in [2.24, 2.45) is 5.41 Å². The predicted molar refractivity (Wildman–Crippen MR) is 79.9 cm³/mol. The molecule has 0 aliphatic heterocycles. The zero-order valence-corrected chi connectivity index (χ0v) is 13.9. The van der Waals surface area contributed by atoms with Gasteiger partial charge in [-0.15, -0.1) is 0 Å². The van der Waals surface area contributed by atoms with Crippen LogP contribution in [0.5, 0.6) is 0 Å². The fraction of sp³-hybridized carbons (Fsp3) is 0.692. The van der Waals surface area contributed by atoms with Gasteiger partial charge in [-0.05, 0) is 31.1 Å². The smallest absolute Gasteiger partial charge is 0.273 e. The van der Waals surface area contributed by atoms with Crippen LogP contribution in [0.2, 0.25) is 0 Å². The lowest BCUT2D eigenvalue weighted by Gasteiger charge is -2.17. The number of amides is 1. The summed E-state index contributed by atoms with van der Waals surface area (Å²) < 4.78 is 23.3. The van der Waals surface area contributed by atoms with Crippen LogP contribution in [0.3, 0.4) is 0 Å². The third-order valence-corrected chi connectivity index (χ3v) is 5.30. The Labute approximate surface area is 129 Å². The highest BCUT2D eigenvalue weighted by atomic mass is 35.7. The van der Waals surface area contributed by atoms with Crippen molar-refractivity contribution in [3.8, 4) is 0 Å². The lowest BCUT2D eigenvalue weighted by atomic mass is 9.92. The van der Waals surface area contributed by atoms with Gasteiger partial charge in [0.05, 0.1) is 5.69 Å². The van der Waals surface area contributed by atoms with Gasteiger partial charge in [-0.1, -0.05) is 20.8 Å². The molecule has 21 heavy (non-hydrogen) atoms. The largest absolute Gasteiger partial charge is 0.348 e. The monoisotopic (exact) mass is 333 g/mol. The van der Waals surface area contributed by atoms with Crippen LogP contribution in [0.15, 0.2) is 4.90 Å². The topological polar surface area (TPSA) is 91.9 Å². The van der Waals surface area contributed by atoms with E-state index >= 15 is 0 Å². The van der Waals surface area contributed by atoms with E-state index in [1.54, 1.807) is 6.92 Å². The SMILES string of the molecule is CCc1[nH]nc(C(=O)NC2CCC(C)(C)C2)c1S(=O)(=O)Cl. The number of H-pyrrole nitrogens is 1. The van der Waals surface area contributed by atoms with Gasteiger partial charge in [0.25, 0.3) is 15.0 Å². The van der Waals surface area contributed by atoms with Crippen LogP contribution in [0.1, 0.15) is 56.2 Å². The minimum absolute atomic E-state index is 0.0418. The van der Waals surface area contributed by atoms with Crippen molar-refractivity contribution in [1.29, 1.82) is 0 Å². The molecule has 1 aliphatic rings. The van der Waals surface area contributed by atoms with E-state index in [4.69, 9.17) is 10.7 Å². The van der Waals surface area contributed by atoms with E-state index in [0.29, 0.717) is 12.1 Å². The number of aromatic amines is 1. The van der Waals surface area contributed by atoms with Gasteiger partial charge in [0.15, 0.2) is 5.69 Å². The lowest BCUT2D eigenvalue weighted by Crippen LogP contribution is -2.34. The molecule has 0 bridgehead atoms. The molecule has 0 spiro atoms. The highest BCUT2D eigenvalue weighted by molar-refractivity contribution is 8.13. The number of rotatable bonds is 4. The number of nitrogens with zero attached hydrogens (tertiary/aromatic N) is 1. The van der Waals surface area contributed by atoms with Crippen molar-refractivity contribution in [2.45, 2.75) is 57.4 Å². The van der Waals surface area contributed by atoms with Crippen LogP contribution in [0, 0.1) is 5.41 Å². The molecule has 0 aromatic carbocycles. The van der Waals surface area contributed by atoms with Crippen LogP contribution < -0.4 is 5.32 Å². The van der Waals surface area contributed by atoms with Crippen LogP contribution in [0.4, 0.5) is 0 Å². The van der Waals surface area contributed by atoms with Crippen molar-refractivity contribution < 1.29 is 13.2 Å². The Bertz CT molecular complexity index is 652. The second kappa shape index (κ2) is 5.61. The summed E-state index contributed by atoms with van der Waals surface area (Å²) in [5.74, 6) is -0.493. The summed E-state index contributed by atoms with van der Waals surface area (Å²) in [5.41, 5.74) is 0.396. The molecule has 6 nitrogen and oxygen atoms in total. The number of halogens is 1. The first-order chi connectivity index (χ1) is 9.64. The van der Waals surface area contributed by atoms with Crippen molar-refractivity contribution in [1.82, 2.24) is 15.5 Å². The van der Waals surface area contributed by atoms with Crippen LogP contribution in [-0.4, -0.2) is 30.6 Å². The lowest BCUT2D eigenvalue weighted by molar-refractivity contribution is 0.0927. The van der Waals surface area contributed by atoms with Gasteiger partial charge in [0.2, 0.25) is 0 Å². The molecule has 2 rings (SSSR count). The predicted octanol–water partition coefficient (Wildman–Crippen LogP) is 2.21. The highest BCUT2D eigenvalue weighted by Crippen LogP contribution is 2.37. The van der Waals surface area contributed by atoms with Gasteiger partial charge >= 0.3 is 0 Å². The summed E-state index contributed by atoms with van der Waals surface area (Å²) in [6.45, 7) is 6.06. The molecular formula is C13H20ClN3O3S. The third kappa shape index (κ3) is 3.58. The average molecular weight is 334 g/mol. The molecule has 1 fully saturated rings. The minimum atomic E-state index is -4.02. The Morgan fingerprint density at radius 1 is 1.52 bits per heavy atom. The molecule has 0 radical (unpaired) electrons. The molecule has 1 aliphatic carbocycles. The Kier molecular flexibility index (Phi) is 4.35. The summed E-state index contributed by atoms with van der Waals surface area (Å²) in [6.07, 6.45) is 3.18. The molecule has 1 saturated carbocycles. The maximum Gasteiger partial charge on any atom is 0.273 e. The molecule has 1 atom stereocenters. The molecule has 118 valence electrons. The maximum absolute atomic E-state index is 12.3. The quantitative estimate of drug-likeness (QED) is 0.826. The van der Waals surface area contributed by atoms with Crippen molar-refractivity contribution in [2.75, 3.05) is 0 Å². The minimum Gasteiger partial charge on any atom is -0.348 e. The first-order valence-corrected chi connectivity index (χ1v) is 9.28. The van der Waals surface area contributed by atoms with Gasteiger partial charge in [-0.2, -0.15) is 5.10 Å². The van der Waals surface area contributed by atoms with E-state index in [2.05, 4.69) is 29.4 Å². The van der Waals surface area contributed by atoms with E-state index < -0.39 is 15.0 Å². The second-order valence-electron chi connectivity index (χ2n) is 6.25. The molecule has 1 unspecified atom stereocenters. The zero-order valence-electron chi connectivity index (χ0n) is 12.4. The van der Waals surface area contributed by atoms with E-state index in [9.17, 15) is 13.2 Å². The summed E-state index contributed by atoms with van der Waals surface area (Å²) in [4.78, 5) is 12.1. The molecule has 1 heterocycles. The van der Waals surface area contributed by atoms with E-state index in [-0.39, 0.29) is 22.0 Å². The maximum atomic E-state index is 12.3. The van der Waals surface area contributed by atoms with Crippen LogP contribution in [0.25, 0.3) is 0 Å². The van der Waals surface area contributed by atoms with Gasteiger partial charge in [0, 0.05) is 16.7 Å². The number of carbonyl (C=O) groups excluding carboxylic acids is 1. The number of aromatic nitrogens is 2. The summed E-state index contributed by atoms with van der Waals surface area (Å²) >= 11 is 0. The van der Waals surface area contributed by atoms with Gasteiger partial charge < -0.3 is 5.32 Å². The molecule has 0 saturated heterocycles. The fourth-order valence-corrected chi connectivity index (χ4v) is 4.19. The van der Waals surface area contributed by atoms with E-state index in [0.717, 1.165) is 19.3 Å². The van der Waals surface area contributed by atoms with Crippen LogP contribution >= 0.6 is 10.7 Å². The number of hydrogen-bond acceptors (Lipinski definition) is 4. The Morgan fingerprint density at radius 3 is 2.67 bits per heavy atom. The second-order valence-corrected chi connectivity index (χ2v) is 8.75. The molecular weight excluding hydrogens is 314 g/mol. The normalized spacial score (nSPS) is 21.4. The number of carbonyl (C=O) groups is 1. The Hall–Kier alpha value is -1.08. The molecule has 2 N–H and O–H groups in total. The standard InChI is InChI=1S/C13H20ClN3O3S/c1-4-9-11(21(14,19)20)10(17-16-9)12(18)15-8-5-6-13(2,3)7-8/h8H,4-7H2,1-3H3,(H,15,18)(H,16,17). The Balaban J connectivity index is 2.23. The highest BCUT2D eigenvalue weighted by Gasteiger charge is 2.34. The van der Waals surface area contributed by atoms with Crippen molar-refractivity contribution in [3.05, 3.63) is 11.4 Å². The number of nitrogens with one attached hydrogen (secondary N) is 2. The summed E-state index contributed by atoms with van der Waals surface area (Å²) in [7, 11) is 1.41. The van der Waals surface area contributed by atoms with Crippen molar-refractivity contribution >= 4 is 25.6 Å². The van der Waals surface area contributed by atoms with Crippen LogP contribution in [-0.2, 0) is 15.5 Å². The molecule has 1 aromatic heterocycles. The summed E-state index contributed by atoms with van der Waals surface area (Å²) in [5, 5.41) is 9.27. The summed E-state index contributed by atoms with van der Waals surface area (Å²) in [6, 6.07) is 0.0418. The van der Waals surface area contributed by atoms with Gasteiger partial charge in [-0.25, -0.2) is 8.42 Å². The van der Waals surface area contributed by atoms with Crippen molar-refractivity contribution in [3.63, 3.8) is 0 Å². The molecule has 1 aromatic rings. The first kappa shape index (κ1) is 16.3. The van der Waals surface area contributed by atoms with E-state index in [1.165, 1.54) is 0 Å². The first-order valence-electron chi connectivity index (χ1n) is 6.97. The number of hydrogen-bond donors (Lipinski definition) is 2.